The smallest absolute Gasteiger partial charge is 0.255 e. The van der Waals surface area contributed by atoms with E-state index < -0.39 is 0 Å². The van der Waals surface area contributed by atoms with Crippen LogP contribution in [0.5, 0.6) is 5.75 Å². The van der Waals surface area contributed by atoms with Gasteiger partial charge >= 0.3 is 0 Å². The Bertz CT molecular complexity index is 1350. The molecule has 0 N–H and O–H groups in total. The number of methoxy groups -OCH3 is 1. The lowest BCUT2D eigenvalue weighted by atomic mass is 9.96. The molecule has 1 aliphatic rings. The standard InChI is InChI=1S/C28H26ClN3O2/c1-19-26(28(33)32-16-14-31(15-17-32)22-7-5-6-21(29)18-22)24-8-3-4-9-25(24)30-27(19)20-10-12-23(34-2)13-11-20/h3-13,18H,14-17H2,1-2H3. The molecule has 0 radical (unpaired) electrons. The van der Waals surface area contributed by atoms with E-state index >= 15 is 0 Å². The average molecular weight is 472 g/mol. The fraction of sp³-hybridized carbons (Fsp3) is 0.214. The number of nitrogens with zero attached hydrogens (tertiary/aromatic N) is 3. The van der Waals surface area contributed by atoms with E-state index in [1.807, 2.05) is 78.6 Å². The minimum Gasteiger partial charge on any atom is -0.497 e. The molecule has 1 aliphatic heterocycles. The maximum absolute atomic E-state index is 13.9. The van der Waals surface area contributed by atoms with Crippen LogP contribution in [0.25, 0.3) is 22.2 Å². The molecular formula is C28H26ClN3O2. The second-order valence-electron chi connectivity index (χ2n) is 8.47. The van der Waals surface area contributed by atoms with Gasteiger partial charge in [0.2, 0.25) is 0 Å². The van der Waals surface area contributed by atoms with Gasteiger partial charge in [0, 0.05) is 47.8 Å². The van der Waals surface area contributed by atoms with Crippen molar-refractivity contribution in [3.63, 3.8) is 0 Å². The van der Waals surface area contributed by atoms with Crippen LogP contribution in [0.1, 0.15) is 15.9 Å². The van der Waals surface area contributed by atoms with Gasteiger partial charge in [0.05, 0.1) is 23.9 Å². The minimum atomic E-state index is 0.0524. The number of amides is 1. The Morgan fingerprint density at radius 1 is 0.941 bits per heavy atom. The Morgan fingerprint density at radius 3 is 2.38 bits per heavy atom. The van der Waals surface area contributed by atoms with Crippen molar-refractivity contribution in [3.05, 3.63) is 88.9 Å². The Balaban J connectivity index is 1.48. The lowest BCUT2D eigenvalue weighted by Gasteiger charge is -2.36. The number of carbonyl (C=O) groups excluding carboxylic acids is 1. The number of hydrogen-bond donors (Lipinski definition) is 0. The third-order valence-corrected chi connectivity index (χ3v) is 6.69. The van der Waals surface area contributed by atoms with Crippen molar-refractivity contribution >= 4 is 34.1 Å². The van der Waals surface area contributed by atoms with E-state index in [4.69, 9.17) is 21.3 Å². The first-order valence-electron chi connectivity index (χ1n) is 11.4. The normalized spacial score (nSPS) is 13.9. The molecule has 34 heavy (non-hydrogen) atoms. The van der Waals surface area contributed by atoms with Crippen LogP contribution in [-0.4, -0.2) is 49.1 Å². The van der Waals surface area contributed by atoms with Crippen LogP contribution < -0.4 is 9.64 Å². The number of piperazine rings is 1. The lowest BCUT2D eigenvalue weighted by molar-refractivity contribution is 0.0748. The first-order valence-corrected chi connectivity index (χ1v) is 11.8. The molecule has 3 aromatic carbocycles. The van der Waals surface area contributed by atoms with Crippen molar-refractivity contribution in [1.29, 1.82) is 0 Å². The summed E-state index contributed by atoms with van der Waals surface area (Å²) in [7, 11) is 1.65. The zero-order valence-electron chi connectivity index (χ0n) is 19.3. The fourth-order valence-corrected chi connectivity index (χ4v) is 4.80. The van der Waals surface area contributed by atoms with Gasteiger partial charge in [-0.2, -0.15) is 0 Å². The molecule has 1 amide bonds. The fourth-order valence-electron chi connectivity index (χ4n) is 4.61. The highest BCUT2D eigenvalue weighted by Gasteiger charge is 2.26. The number of pyridine rings is 1. The molecule has 1 fully saturated rings. The van der Waals surface area contributed by atoms with E-state index in [2.05, 4.69) is 11.0 Å². The molecule has 0 atom stereocenters. The predicted molar refractivity (Wildman–Crippen MR) is 138 cm³/mol. The van der Waals surface area contributed by atoms with Crippen LogP contribution in [0.4, 0.5) is 5.69 Å². The second kappa shape index (κ2) is 9.35. The molecule has 1 aromatic heterocycles. The minimum absolute atomic E-state index is 0.0524. The van der Waals surface area contributed by atoms with Crippen LogP contribution in [0.15, 0.2) is 72.8 Å². The molecule has 0 unspecified atom stereocenters. The summed E-state index contributed by atoms with van der Waals surface area (Å²) in [6.45, 7) is 4.83. The zero-order chi connectivity index (χ0) is 23.7. The van der Waals surface area contributed by atoms with Gasteiger partial charge in [-0.1, -0.05) is 35.9 Å². The monoisotopic (exact) mass is 471 g/mol. The average Bonchev–Trinajstić information content (AvgIpc) is 2.88. The van der Waals surface area contributed by atoms with Crippen molar-refractivity contribution in [2.75, 3.05) is 38.2 Å². The summed E-state index contributed by atoms with van der Waals surface area (Å²) in [6.07, 6.45) is 0. The summed E-state index contributed by atoms with van der Waals surface area (Å²) in [4.78, 5) is 23.0. The molecule has 5 nitrogen and oxygen atoms in total. The zero-order valence-corrected chi connectivity index (χ0v) is 20.0. The number of hydrogen-bond acceptors (Lipinski definition) is 4. The molecule has 0 aliphatic carbocycles. The number of rotatable bonds is 4. The summed E-state index contributed by atoms with van der Waals surface area (Å²) >= 11 is 6.17. The number of benzene rings is 3. The molecule has 1 saturated heterocycles. The van der Waals surface area contributed by atoms with Gasteiger partial charge in [0.15, 0.2) is 0 Å². The summed E-state index contributed by atoms with van der Waals surface area (Å²) < 4.78 is 5.30. The third-order valence-electron chi connectivity index (χ3n) is 6.45. The van der Waals surface area contributed by atoms with E-state index in [1.54, 1.807) is 7.11 Å². The van der Waals surface area contributed by atoms with E-state index in [0.29, 0.717) is 13.1 Å². The van der Waals surface area contributed by atoms with Gasteiger partial charge in [-0.05, 0) is 61.0 Å². The SMILES string of the molecule is COc1ccc(-c2nc3ccccc3c(C(=O)N3CCN(c4cccc(Cl)c4)CC3)c2C)cc1. The maximum Gasteiger partial charge on any atom is 0.255 e. The van der Waals surface area contributed by atoms with Crippen molar-refractivity contribution in [2.45, 2.75) is 6.92 Å². The van der Waals surface area contributed by atoms with E-state index in [-0.39, 0.29) is 5.91 Å². The van der Waals surface area contributed by atoms with E-state index in [9.17, 15) is 4.79 Å². The van der Waals surface area contributed by atoms with Crippen molar-refractivity contribution in [2.24, 2.45) is 0 Å². The van der Waals surface area contributed by atoms with Gasteiger partial charge in [0.1, 0.15) is 5.75 Å². The van der Waals surface area contributed by atoms with Crippen molar-refractivity contribution in [1.82, 2.24) is 9.88 Å². The Labute approximate surface area is 204 Å². The van der Waals surface area contributed by atoms with E-state index in [1.165, 1.54) is 0 Å². The molecule has 0 bridgehead atoms. The molecule has 2 heterocycles. The van der Waals surface area contributed by atoms with Crippen LogP contribution >= 0.6 is 11.6 Å². The summed E-state index contributed by atoms with van der Waals surface area (Å²) in [5.41, 5.74) is 5.32. The van der Waals surface area contributed by atoms with Gasteiger partial charge in [-0.25, -0.2) is 4.98 Å². The summed E-state index contributed by atoms with van der Waals surface area (Å²) in [5.74, 6) is 0.840. The highest BCUT2D eigenvalue weighted by Crippen LogP contribution is 2.32. The van der Waals surface area contributed by atoms with Gasteiger partial charge in [-0.3, -0.25) is 4.79 Å². The number of para-hydroxylation sites is 1. The number of halogens is 1. The van der Waals surface area contributed by atoms with Crippen LogP contribution in [0.2, 0.25) is 5.02 Å². The third kappa shape index (κ3) is 4.19. The van der Waals surface area contributed by atoms with Gasteiger partial charge in [-0.15, -0.1) is 0 Å². The Kier molecular flexibility index (Phi) is 6.12. The summed E-state index contributed by atoms with van der Waals surface area (Å²) in [5, 5.41) is 1.61. The summed E-state index contributed by atoms with van der Waals surface area (Å²) in [6, 6.07) is 23.6. The quantitative estimate of drug-likeness (QED) is 0.375. The van der Waals surface area contributed by atoms with Crippen molar-refractivity contribution < 1.29 is 9.53 Å². The molecule has 6 heteroatoms. The highest BCUT2D eigenvalue weighted by molar-refractivity contribution is 6.30. The molecule has 172 valence electrons. The number of carbonyl (C=O) groups is 1. The highest BCUT2D eigenvalue weighted by atomic mass is 35.5. The van der Waals surface area contributed by atoms with Crippen molar-refractivity contribution in [3.8, 4) is 17.0 Å². The topological polar surface area (TPSA) is 45.7 Å². The molecule has 0 saturated carbocycles. The number of aromatic nitrogens is 1. The number of ether oxygens (including phenoxy) is 1. The largest absolute Gasteiger partial charge is 0.497 e. The van der Waals surface area contributed by atoms with Crippen LogP contribution in [0.3, 0.4) is 0 Å². The molecular weight excluding hydrogens is 446 g/mol. The molecule has 5 rings (SSSR count). The first kappa shape index (κ1) is 22.2. The number of anilines is 1. The lowest BCUT2D eigenvalue weighted by Crippen LogP contribution is -2.49. The van der Waals surface area contributed by atoms with Crippen LogP contribution in [0, 0.1) is 6.92 Å². The van der Waals surface area contributed by atoms with Gasteiger partial charge in [0.25, 0.3) is 5.91 Å². The van der Waals surface area contributed by atoms with Crippen LogP contribution in [-0.2, 0) is 0 Å². The van der Waals surface area contributed by atoms with Gasteiger partial charge < -0.3 is 14.5 Å². The Hall–Kier alpha value is -3.57. The van der Waals surface area contributed by atoms with E-state index in [0.717, 1.165) is 62.8 Å². The first-order chi connectivity index (χ1) is 16.5. The molecule has 4 aromatic rings. The number of fused-ring (bicyclic) bond motifs is 1. The predicted octanol–water partition coefficient (Wildman–Crippen LogP) is 5.83. The molecule has 0 spiro atoms. The maximum atomic E-state index is 13.9. The second-order valence-corrected chi connectivity index (χ2v) is 8.90. The Morgan fingerprint density at radius 2 is 1.68 bits per heavy atom.